The molecule has 2 aliphatic rings. The van der Waals surface area contributed by atoms with Gasteiger partial charge in [0.25, 0.3) is 0 Å². The summed E-state index contributed by atoms with van der Waals surface area (Å²) in [5, 5.41) is 3.65. The summed E-state index contributed by atoms with van der Waals surface area (Å²) in [6.07, 6.45) is 5.81. The number of hydrogen-bond donors (Lipinski definition) is 1. The molecule has 0 spiro atoms. The Bertz CT molecular complexity index is 420. The first kappa shape index (κ1) is 16.2. The average Bonchev–Trinajstić information content (AvgIpc) is 3.10. The van der Waals surface area contributed by atoms with Gasteiger partial charge < -0.3 is 10.2 Å². The second kappa shape index (κ2) is 6.32. The van der Waals surface area contributed by atoms with Crippen LogP contribution in [0.25, 0.3) is 0 Å². The molecule has 2 unspecified atom stereocenters. The molecule has 2 atom stereocenters. The average molecular weight is 302 g/mol. The number of sulfone groups is 1. The summed E-state index contributed by atoms with van der Waals surface area (Å²) in [5.41, 5.74) is 0.248. The van der Waals surface area contributed by atoms with Crippen molar-refractivity contribution in [2.45, 2.75) is 58.0 Å². The highest BCUT2D eigenvalue weighted by molar-refractivity contribution is 7.91. The lowest BCUT2D eigenvalue weighted by atomic mass is 9.84. The van der Waals surface area contributed by atoms with Gasteiger partial charge >= 0.3 is 0 Å². The van der Waals surface area contributed by atoms with Crippen molar-refractivity contribution in [3.05, 3.63) is 0 Å². The second-order valence-electron chi connectivity index (χ2n) is 7.19. The molecule has 1 aliphatic carbocycles. The molecule has 0 aromatic carbocycles. The van der Waals surface area contributed by atoms with E-state index in [1.807, 2.05) is 0 Å². The highest BCUT2D eigenvalue weighted by atomic mass is 32.2. The monoisotopic (exact) mass is 302 g/mol. The fourth-order valence-corrected chi connectivity index (χ4v) is 5.16. The van der Waals surface area contributed by atoms with Crippen LogP contribution in [0.4, 0.5) is 0 Å². The molecule has 0 bridgehead atoms. The third-order valence-corrected chi connectivity index (χ3v) is 6.46. The van der Waals surface area contributed by atoms with Crippen molar-refractivity contribution >= 4 is 9.84 Å². The van der Waals surface area contributed by atoms with Gasteiger partial charge in [0, 0.05) is 25.2 Å². The lowest BCUT2D eigenvalue weighted by molar-refractivity contribution is 0.143. The van der Waals surface area contributed by atoms with E-state index < -0.39 is 9.84 Å². The normalized spacial score (nSPS) is 28.7. The quantitative estimate of drug-likeness (QED) is 0.741. The highest BCUT2D eigenvalue weighted by Crippen LogP contribution is 2.28. The van der Waals surface area contributed by atoms with Gasteiger partial charge in [-0.25, -0.2) is 8.42 Å². The van der Waals surface area contributed by atoms with Crippen LogP contribution in [-0.4, -0.2) is 57.0 Å². The van der Waals surface area contributed by atoms with E-state index in [9.17, 15) is 8.42 Å². The van der Waals surface area contributed by atoms with E-state index in [-0.39, 0.29) is 11.5 Å². The number of rotatable bonds is 8. The van der Waals surface area contributed by atoms with Crippen molar-refractivity contribution in [1.29, 1.82) is 0 Å². The van der Waals surface area contributed by atoms with E-state index in [0.717, 1.165) is 25.6 Å². The minimum Gasteiger partial charge on any atom is -0.313 e. The van der Waals surface area contributed by atoms with Crippen molar-refractivity contribution < 1.29 is 8.42 Å². The molecule has 2 fully saturated rings. The van der Waals surface area contributed by atoms with Crippen LogP contribution in [0.1, 0.15) is 46.0 Å². The zero-order chi connectivity index (χ0) is 14.8. The molecule has 1 saturated carbocycles. The molecule has 1 aliphatic heterocycles. The summed E-state index contributed by atoms with van der Waals surface area (Å²) >= 11 is 0. The van der Waals surface area contributed by atoms with Gasteiger partial charge in [0.2, 0.25) is 0 Å². The number of nitrogens with one attached hydrogen (secondary N) is 1. The second-order valence-corrected chi connectivity index (χ2v) is 9.42. The van der Waals surface area contributed by atoms with Crippen molar-refractivity contribution in [3.63, 3.8) is 0 Å². The molecule has 0 aromatic heterocycles. The molecule has 20 heavy (non-hydrogen) atoms. The van der Waals surface area contributed by atoms with Gasteiger partial charge in [-0.05, 0) is 38.1 Å². The van der Waals surface area contributed by atoms with Gasteiger partial charge in [-0.15, -0.1) is 0 Å². The molecule has 1 N–H and O–H groups in total. The zero-order valence-electron chi connectivity index (χ0n) is 13.2. The van der Waals surface area contributed by atoms with Crippen molar-refractivity contribution in [2.75, 3.05) is 31.6 Å². The topological polar surface area (TPSA) is 49.4 Å². The Kier molecular flexibility index (Phi) is 5.14. The van der Waals surface area contributed by atoms with Crippen LogP contribution in [0.2, 0.25) is 0 Å². The van der Waals surface area contributed by atoms with E-state index in [1.54, 1.807) is 0 Å². The smallest absolute Gasteiger partial charge is 0.151 e. The van der Waals surface area contributed by atoms with Gasteiger partial charge in [0.15, 0.2) is 9.84 Å². The largest absolute Gasteiger partial charge is 0.313 e. The van der Waals surface area contributed by atoms with Crippen LogP contribution < -0.4 is 5.32 Å². The maximum atomic E-state index is 11.6. The standard InChI is InChI=1S/C15H30N2O2S/c1-4-8-15(2,11-16-13-5-6-13)12-17(3)14-7-9-20(18,19)10-14/h13-14,16H,4-12H2,1-3H3. The Morgan fingerprint density at radius 1 is 1.30 bits per heavy atom. The third kappa shape index (κ3) is 4.71. The third-order valence-electron chi connectivity index (χ3n) is 4.71. The van der Waals surface area contributed by atoms with E-state index in [2.05, 4.69) is 31.1 Å². The first-order valence-electron chi connectivity index (χ1n) is 7.98. The number of nitrogens with zero attached hydrogens (tertiary/aromatic N) is 1. The van der Waals surface area contributed by atoms with E-state index in [4.69, 9.17) is 0 Å². The molecular formula is C15H30N2O2S. The predicted octanol–water partition coefficient (Wildman–Crippen LogP) is 1.66. The summed E-state index contributed by atoms with van der Waals surface area (Å²) in [4.78, 5) is 2.29. The Labute approximate surface area is 124 Å². The summed E-state index contributed by atoms with van der Waals surface area (Å²) < 4.78 is 23.2. The fourth-order valence-electron chi connectivity index (χ4n) is 3.36. The van der Waals surface area contributed by atoms with E-state index in [0.29, 0.717) is 11.5 Å². The summed E-state index contributed by atoms with van der Waals surface area (Å²) in [5.74, 6) is 0.717. The molecule has 118 valence electrons. The Morgan fingerprint density at radius 2 is 2.00 bits per heavy atom. The van der Waals surface area contributed by atoms with Gasteiger partial charge in [-0.2, -0.15) is 0 Å². The maximum Gasteiger partial charge on any atom is 0.151 e. The molecule has 1 heterocycles. The molecule has 4 nitrogen and oxygen atoms in total. The van der Waals surface area contributed by atoms with Gasteiger partial charge in [-0.1, -0.05) is 20.3 Å². The molecule has 0 radical (unpaired) electrons. The minimum absolute atomic E-state index is 0.220. The highest BCUT2D eigenvalue weighted by Gasteiger charge is 2.35. The van der Waals surface area contributed by atoms with Crippen LogP contribution in [0.15, 0.2) is 0 Å². The maximum absolute atomic E-state index is 11.6. The molecule has 5 heteroatoms. The fraction of sp³-hybridized carbons (Fsp3) is 1.00. The van der Waals surface area contributed by atoms with Crippen LogP contribution in [-0.2, 0) is 9.84 Å². The molecule has 2 rings (SSSR count). The molecule has 1 saturated heterocycles. The summed E-state index contributed by atoms with van der Waals surface area (Å²) in [6.45, 7) is 6.61. The minimum atomic E-state index is -2.78. The SMILES string of the molecule is CCCC(C)(CNC1CC1)CN(C)C1CCS(=O)(=O)C1. The van der Waals surface area contributed by atoms with Crippen LogP contribution in [0, 0.1) is 5.41 Å². The Morgan fingerprint density at radius 3 is 2.50 bits per heavy atom. The molecular weight excluding hydrogens is 272 g/mol. The summed E-state index contributed by atoms with van der Waals surface area (Å²) in [7, 11) is -0.688. The Hall–Kier alpha value is -0.130. The van der Waals surface area contributed by atoms with Crippen molar-refractivity contribution in [3.8, 4) is 0 Å². The summed E-state index contributed by atoms with van der Waals surface area (Å²) in [6, 6.07) is 0.959. The lowest BCUT2D eigenvalue weighted by Crippen LogP contribution is -2.45. The van der Waals surface area contributed by atoms with Crippen LogP contribution in [0.5, 0.6) is 0 Å². The molecule has 0 amide bonds. The van der Waals surface area contributed by atoms with Gasteiger partial charge in [0.1, 0.15) is 0 Å². The zero-order valence-corrected chi connectivity index (χ0v) is 14.0. The lowest BCUT2D eigenvalue weighted by Gasteiger charge is -2.36. The van der Waals surface area contributed by atoms with E-state index >= 15 is 0 Å². The van der Waals surface area contributed by atoms with Crippen LogP contribution in [0.3, 0.4) is 0 Å². The predicted molar refractivity (Wildman–Crippen MR) is 83.7 cm³/mol. The first-order valence-corrected chi connectivity index (χ1v) is 9.80. The molecule has 0 aromatic rings. The first-order chi connectivity index (χ1) is 9.34. The van der Waals surface area contributed by atoms with Crippen molar-refractivity contribution in [2.24, 2.45) is 5.41 Å². The number of hydrogen-bond acceptors (Lipinski definition) is 4. The van der Waals surface area contributed by atoms with Gasteiger partial charge in [0.05, 0.1) is 11.5 Å². The van der Waals surface area contributed by atoms with Crippen molar-refractivity contribution in [1.82, 2.24) is 10.2 Å². The van der Waals surface area contributed by atoms with Gasteiger partial charge in [-0.3, -0.25) is 0 Å². The van der Waals surface area contributed by atoms with E-state index in [1.165, 1.54) is 25.7 Å². The Balaban J connectivity index is 1.88. The van der Waals surface area contributed by atoms with Crippen LogP contribution >= 0.6 is 0 Å².